The van der Waals surface area contributed by atoms with Crippen molar-refractivity contribution in [2.75, 3.05) is 54.0 Å². The van der Waals surface area contributed by atoms with Gasteiger partial charge in [-0.25, -0.2) is 0 Å². The van der Waals surface area contributed by atoms with Crippen LogP contribution in [0.4, 0.5) is 0 Å². The van der Waals surface area contributed by atoms with E-state index in [0.29, 0.717) is 30.1 Å². The molecule has 0 saturated carbocycles. The van der Waals surface area contributed by atoms with E-state index in [4.69, 9.17) is 24.4 Å². The summed E-state index contributed by atoms with van der Waals surface area (Å²) in [5.41, 5.74) is -0.380. The molecule has 0 aromatic rings. The lowest BCUT2D eigenvalue weighted by Crippen LogP contribution is -2.44. The van der Waals surface area contributed by atoms with Gasteiger partial charge in [-0.2, -0.15) is 0 Å². The Balaban J connectivity index is 0.000000549. The first-order chi connectivity index (χ1) is 17.7. The number of aliphatic hydroxyl groups excluding tert-OH is 2. The SMILES string of the molecule is C.CC(C)C1(C)OC(CO)CN1C.CC(C)CC1(C)OC(CO)CN1C.CCCC(C)C1OC(CC)CN1C. The Morgan fingerprint density at radius 3 is 1.72 bits per heavy atom. The van der Waals surface area contributed by atoms with Gasteiger partial charge in [-0.15, -0.1) is 0 Å². The maximum Gasteiger partial charge on any atom is 0.121 e. The van der Waals surface area contributed by atoms with Crippen LogP contribution in [0.25, 0.3) is 0 Å². The molecule has 3 rings (SSSR count). The fourth-order valence-corrected chi connectivity index (χ4v) is 5.83. The van der Waals surface area contributed by atoms with Gasteiger partial charge in [0.2, 0.25) is 0 Å². The molecule has 2 N–H and O–H groups in total. The summed E-state index contributed by atoms with van der Waals surface area (Å²) in [5, 5.41) is 17.9. The van der Waals surface area contributed by atoms with Gasteiger partial charge in [0.25, 0.3) is 0 Å². The molecule has 0 radical (unpaired) electrons. The molecular formula is C31H67N3O5. The lowest BCUT2D eigenvalue weighted by atomic mass is 10.0. The van der Waals surface area contributed by atoms with Crippen LogP contribution in [0.1, 0.15) is 95.4 Å². The molecule has 0 aromatic carbocycles. The quantitative estimate of drug-likeness (QED) is 0.413. The van der Waals surface area contributed by atoms with E-state index in [-0.39, 0.29) is 44.3 Å². The van der Waals surface area contributed by atoms with Gasteiger partial charge in [0.05, 0.1) is 31.5 Å². The minimum absolute atomic E-state index is 0. The molecule has 0 amide bonds. The Morgan fingerprint density at radius 1 is 0.821 bits per heavy atom. The average Bonchev–Trinajstić information content (AvgIpc) is 3.47. The highest BCUT2D eigenvalue weighted by molar-refractivity contribution is 4.87. The number of hydrogen-bond donors (Lipinski definition) is 2. The van der Waals surface area contributed by atoms with Crippen LogP contribution in [0.2, 0.25) is 0 Å². The third kappa shape index (κ3) is 11.1. The van der Waals surface area contributed by atoms with E-state index in [9.17, 15) is 0 Å². The van der Waals surface area contributed by atoms with E-state index >= 15 is 0 Å². The van der Waals surface area contributed by atoms with Crippen molar-refractivity contribution < 1.29 is 24.4 Å². The summed E-state index contributed by atoms with van der Waals surface area (Å²) >= 11 is 0. The van der Waals surface area contributed by atoms with Crippen LogP contribution in [0, 0.1) is 17.8 Å². The van der Waals surface area contributed by atoms with Crippen molar-refractivity contribution in [3.05, 3.63) is 0 Å². The summed E-state index contributed by atoms with van der Waals surface area (Å²) in [6.07, 6.45) is 5.49. The van der Waals surface area contributed by atoms with Crippen molar-refractivity contribution in [2.24, 2.45) is 17.8 Å². The Hall–Kier alpha value is -0.320. The Morgan fingerprint density at radius 2 is 1.36 bits per heavy atom. The van der Waals surface area contributed by atoms with Crippen LogP contribution >= 0.6 is 0 Å². The number of aliphatic hydroxyl groups is 2. The molecule has 3 aliphatic heterocycles. The van der Waals surface area contributed by atoms with Crippen molar-refractivity contribution in [1.29, 1.82) is 0 Å². The predicted molar refractivity (Wildman–Crippen MR) is 163 cm³/mol. The van der Waals surface area contributed by atoms with Crippen molar-refractivity contribution in [3.63, 3.8) is 0 Å². The molecule has 0 bridgehead atoms. The molecule has 39 heavy (non-hydrogen) atoms. The summed E-state index contributed by atoms with van der Waals surface area (Å²) in [5.74, 6) is 1.73. The summed E-state index contributed by atoms with van der Waals surface area (Å²) < 4.78 is 17.5. The van der Waals surface area contributed by atoms with Gasteiger partial charge in [-0.3, -0.25) is 14.7 Å². The van der Waals surface area contributed by atoms with Gasteiger partial charge < -0.3 is 24.4 Å². The molecule has 0 spiro atoms. The smallest absolute Gasteiger partial charge is 0.121 e. The largest absolute Gasteiger partial charge is 0.394 e. The predicted octanol–water partition coefficient (Wildman–Crippen LogP) is 4.88. The van der Waals surface area contributed by atoms with E-state index in [0.717, 1.165) is 32.5 Å². The molecule has 3 saturated heterocycles. The molecule has 7 unspecified atom stereocenters. The average molecular weight is 562 g/mol. The molecule has 0 aromatic heterocycles. The van der Waals surface area contributed by atoms with Gasteiger partial charge in [0, 0.05) is 19.6 Å². The molecule has 8 nitrogen and oxygen atoms in total. The van der Waals surface area contributed by atoms with Crippen molar-refractivity contribution in [3.8, 4) is 0 Å². The van der Waals surface area contributed by atoms with E-state index < -0.39 is 0 Å². The summed E-state index contributed by atoms with van der Waals surface area (Å²) in [6, 6.07) is 0. The first-order valence-electron chi connectivity index (χ1n) is 15.0. The van der Waals surface area contributed by atoms with Crippen molar-refractivity contribution >= 4 is 0 Å². The highest BCUT2D eigenvalue weighted by atomic mass is 16.6. The van der Waals surface area contributed by atoms with E-state index in [1.54, 1.807) is 0 Å². The minimum Gasteiger partial charge on any atom is -0.394 e. The second-order valence-corrected chi connectivity index (χ2v) is 12.9. The third-order valence-electron chi connectivity index (χ3n) is 8.56. The van der Waals surface area contributed by atoms with Gasteiger partial charge in [0.1, 0.15) is 17.7 Å². The maximum absolute atomic E-state index is 9.00. The summed E-state index contributed by atoms with van der Waals surface area (Å²) in [4.78, 5) is 6.71. The highest BCUT2D eigenvalue weighted by Gasteiger charge is 2.43. The molecule has 3 heterocycles. The Labute approximate surface area is 242 Å². The van der Waals surface area contributed by atoms with Gasteiger partial charge >= 0.3 is 0 Å². The zero-order valence-corrected chi connectivity index (χ0v) is 26.9. The zero-order valence-electron chi connectivity index (χ0n) is 26.9. The standard InChI is InChI=1S/C11H23NO.C10H21NO2.C9H19NO2.CH4/c1-5-7-9(3)11-12(4)8-10(6-2)13-11;1-8(2)5-10(3)11(4)6-9(7-12)13-10;1-7(2)9(3)10(4)5-8(6-11)12-9;/h9-11H,5-8H2,1-4H3;8-9,12H,5-7H2,1-4H3;7-8,11H,5-6H2,1-4H3;1H4. The van der Waals surface area contributed by atoms with Gasteiger partial charge in [-0.05, 0) is 72.0 Å². The highest BCUT2D eigenvalue weighted by Crippen LogP contribution is 2.32. The van der Waals surface area contributed by atoms with Crippen LogP contribution in [-0.4, -0.2) is 115 Å². The Bertz CT molecular complexity index is 654. The summed E-state index contributed by atoms with van der Waals surface area (Å²) in [6.45, 7) is 22.6. The molecule has 236 valence electrons. The fourth-order valence-electron chi connectivity index (χ4n) is 5.83. The van der Waals surface area contributed by atoms with Crippen molar-refractivity contribution in [2.45, 2.75) is 131 Å². The first kappa shape index (κ1) is 38.7. The van der Waals surface area contributed by atoms with Crippen LogP contribution in [-0.2, 0) is 14.2 Å². The molecule has 3 aliphatic rings. The second kappa shape index (κ2) is 17.6. The van der Waals surface area contributed by atoms with Crippen LogP contribution < -0.4 is 0 Å². The lowest BCUT2D eigenvalue weighted by Gasteiger charge is -2.34. The van der Waals surface area contributed by atoms with Crippen LogP contribution in [0.15, 0.2) is 0 Å². The normalized spacial score (nSPS) is 34.5. The first-order valence-corrected chi connectivity index (χ1v) is 15.0. The van der Waals surface area contributed by atoms with E-state index in [1.165, 1.54) is 12.8 Å². The molecule has 8 heteroatoms. The van der Waals surface area contributed by atoms with Gasteiger partial charge in [-0.1, -0.05) is 62.3 Å². The van der Waals surface area contributed by atoms with E-state index in [1.807, 2.05) is 7.05 Å². The molecular weight excluding hydrogens is 494 g/mol. The number of nitrogens with zero attached hydrogens (tertiary/aromatic N) is 3. The molecule has 0 aliphatic carbocycles. The van der Waals surface area contributed by atoms with Crippen LogP contribution in [0.5, 0.6) is 0 Å². The Kier molecular flexibility index (Phi) is 17.4. The van der Waals surface area contributed by atoms with Gasteiger partial charge in [0.15, 0.2) is 0 Å². The molecule has 3 fully saturated rings. The van der Waals surface area contributed by atoms with E-state index in [2.05, 4.69) is 91.1 Å². The van der Waals surface area contributed by atoms with Crippen LogP contribution in [0.3, 0.4) is 0 Å². The zero-order chi connectivity index (χ0) is 29.3. The topological polar surface area (TPSA) is 77.9 Å². The fraction of sp³-hybridized carbons (Fsp3) is 1.00. The number of rotatable bonds is 9. The minimum atomic E-state index is -0.201. The maximum atomic E-state index is 9.00. The van der Waals surface area contributed by atoms with Crippen molar-refractivity contribution in [1.82, 2.24) is 14.7 Å². The second-order valence-electron chi connectivity index (χ2n) is 12.9. The number of ether oxygens (including phenoxy) is 3. The number of likely N-dealkylation sites (N-methyl/N-ethyl adjacent to an activating group) is 3. The third-order valence-corrected chi connectivity index (χ3v) is 8.56. The lowest BCUT2D eigenvalue weighted by molar-refractivity contribution is -0.121. The summed E-state index contributed by atoms with van der Waals surface area (Å²) in [7, 11) is 6.26. The number of hydrogen-bond acceptors (Lipinski definition) is 8. The molecule has 7 atom stereocenters. The monoisotopic (exact) mass is 562 g/mol.